The van der Waals surface area contributed by atoms with Crippen LogP contribution in [0.1, 0.15) is 18.9 Å². The second-order valence-electron chi connectivity index (χ2n) is 3.71. The molecule has 1 atom stereocenters. The highest BCUT2D eigenvalue weighted by atomic mass is 16.5. The van der Waals surface area contributed by atoms with Crippen molar-refractivity contribution in [3.8, 4) is 0 Å². The zero-order chi connectivity index (χ0) is 12.8. The third kappa shape index (κ3) is 4.14. The van der Waals surface area contributed by atoms with Crippen molar-refractivity contribution in [2.24, 2.45) is 5.73 Å². The van der Waals surface area contributed by atoms with Crippen LogP contribution in [-0.2, 0) is 20.7 Å². The van der Waals surface area contributed by atoms with E-state index in [9.17, 15) is 9.59 Å². The van der Waals surface area contributed by atoms with E-state index in [1.54, 1.807) is 31.2 Å². The lowest BCUT2D eigenvalue weighted by Crippen LogP contribution is -2.33. The Morgan fingerprint density at radius 1 is 1.29 bits per heavy atom. The summed E-state index contributed by atoms with van der Waals surface area (Å²) in [5.41, 5.74) is 12.0. The highest BCUT2D eigenvalue weighted by molar-refractivity contribution is 5.82. The molecule has 17 heavy (non-hydrogen) atoms. The second-order valence-corrected chi connectivity index (χ2v) is 3.71. The number of carbonyl (C=O) groups excluding carboxylic acids is 2. The predicted octanol–water partition coefficient (Wildman–Crippen LogP) is 0.618. The first kappa shape index (κ1) is 13.0. The minimum absolute atomic E-state index is 0.101. The van der Waals surface area contributed by atoms with Gasteiger partial charge in [0, 0.05) is 5.69 Å². The predicted molar refractivity (Wildman–Crippen MR) is 63.9 cm³/mol. The van der Waals surface area contributed by atoms with Gasteiger partial charge in [0.15, 0.2) is 6.10 Å². The number of nitrogen functional groups attached to an aromatic ring is 1. The van der Waals surface area contributed by atoms with E-state index in [0.29, 0.717) is 12.1 Å². The van der Waals surface area contributed by atoms with Crippen LogP contribution in [-0.4, -0.2) is 18.0 Å². The molecule has 92 valence electrons. The van der Waals surface area contributed by atoms with E-state index in [0.717, 1.165) is 5.56 Å². The van der Waals surface area contributed by atoms with E-state index in [-0.39, 0.29) is 6.42 Å². The lowest BCUT2D eigenvalue weighted by molar-refractivity contribution is -0.154. The third-order valence-electron chi connectivity index (χ3n) is 2.29. The van der Waals surface area contributed by atoms with Crippen LogP contribution < -0.4 is 11.5 Å². The molecule has 0 aliphatic rings. The maximum Gasteiger partial charge on any atom is 0.311 e. The van der Waals surface area contributed by atoms with Gasteiger partial charge in [0.25, 0.3) is 5.91 Å². The topological polar surface area (TPSA) is 95.4 Å². The molecule has 0 saturated heterocycles. The average Bonchev–Trinajstić information content (AvgIpc) is 2.28. The van der Waals surface area contributed by atoms with Crippen molar-refractivity contribution in [1.29, 1.82) is 0 Å². The molecule has 0 radical (unpaired) electrons. The van der Waals surface area contributed by atoms with Crippen molar-refractivity contribution >= 4 is 17.6 Å². The molecule has 1 aromatic carbocycles. The maximum absolute atomic E-state index is 11.5. The highest BCUT2D eigenvalue weighted by Gasteiger charge is 2.17. The molecule has 1 rings (SSSR count). The molecule has 5 nitrogen and oxygen atoms in total. The molecular weight excluding hydrogens is 220 g/mol. The number of nitrogens with two attached hydrogens (primary N) is 2. The highest BCUT2D eigenvalue weighted by Crippen LogP contribution is 2.08. The standard InChI is InChI=1S/C12H16N2O3/c1-2-10(12(14)16)17-11(15)7-8-3-5-9(13)6-4-8/h3-6,10H,2,7,13H2,1H3,(H2,14,16). The van der Waals surface area contributed by atoms with Gasteiger partial charge < -0.3 is 16.2 Å². The van der Waals surface area contributed by atoms with Crippen LogP contribution in [0.5, 0.6) is 0 Å². The summed E-state index contributed by atoms with van der Waals surface area (Å²) in [6.45, 7) is 1.73. The monoisotopic (exact) mass is 236 g/mol. The lowest BCUT2D eigenvalue weighted by Gasteiger charge is -2.12. The molecule has 0 aromatic heterocycles. The number of carbonyl (C=O) groups is 2. The largest absolute Gasteiger partial charge is 0.452 e. The Morgan fingerprint density at radius 3 is 2.35 bits per heavy atom. The van der Waals surface area contributed by atoms with Gasteiger partial charge in [-0.1, -0.05) is 19.1 Å². The second kappa shape index (κ2) is 5.89. The average molecular weight is 236 g/mol. The van der Waals surface area contributed by atoms with Gasteiger partial charge in [-0.2, -0.15) is 0 Å². The van der Waals surface area contributed by atoms with Gasteiger partial charge in [-0.15, -0.1) is 0 Å². The number of hydrogen-bond donors (Lipinski definition) is 2. The molecule has 0 bridgehead atoms. The summed E-state index contributed by atoms with van der Waals surface area (Å²) in [5, 5.41) is 0. The fourth-order valence-corrected chi connectivity index (χ4v) is 1.35. The molecule has 1 unspecified atom stereocenters. The number of esters is 1. The third-order valence-corrected chi connectivity index (χ3v) is 2.29. The van der Waals surface area contributed by atoms with Crippen LogP contribution in [0, 0.1) is 0 Å². The molecule has 0 saturated carbocycles. The van der Waals surface area contributed by atoms with Crippen LogP contribution in [0.4, 0.5) is 5.69 Å². The van der Waals surface area contributed by atoms with Crippen molar-refractivity contribution in [1.82, 2.24) is 0 Å². The van der Waals surface area contributed by atoms with Crippen LogP contribution in [0.15, 0.2) is 24.3 Å². The van der Waals surface area contributed by atoms with Gasteiger partial charge in [0.2, 0.25) is 0 Å². The van der Waals surface area contributed by atoms with Crippen molar-refractivity contribution in [2.45, 2.75) is 25.9 Å². The van der Waals surface area contributed by atoms with Gasteiger partial charge in [-0.05, 0) is 24.1 Å². The fraction of sp³-hybridized carbons (Fsp3) is 0.333. The Labute approximate surface area is 99.7 Å². The van der Waals surface area contributed by atoms with Crippen molar-refractivity contribution in [3.63, 3.8) is 0 Å². The summed E-state index contributed by atoms with van der Waals surface area (Å²) in [5.74, 6) is -1.10. The molecule has 0 heterocycles. The number of hydrogen-bond acceptors (Lipinski definition) is 4. The van der Waals surface area contributed by atoms with Crippen LogP contribution >= 0.6 is 0 Å². The first-order chi connectivity index (χ1) is 8.02. The zero-order valence-electron chi connectivity index (χ0n) is 9.68. The molecule has 0 aliphatic carbocycles. The Hall–Kier alpha value is -2.04. The van der Waals surface area contributed by atoms with E-state index in [1.165, 1.54) is 0 Å². The van der Waals surface area contributed by atoms with Crippen molar-refractivity contribution < 1.29 is 14.3 Å². The van der Waals surface area contributed by atoms with Gasteiger partial charge >= 0.3 is 5.97 Å². The summed E-state index contributed by atoms with van der Waals surface area (Å²) < 4.78 is 4.95. The molecule has 0 spiro atoms. The molecule has 1 aromatic rings. The van der Waals surface area contributed by atoms with Gasteiger partial charge in [0.05, 0.1) is 6.42 Å². The van der Waals surface area contributed by atoms with Gasteiger partial charge in [-0.25, -0.2) is 0 Å². The summed E-state index contributed by atoms with van der Waals surface area (Å²) >= 11 is 0. The SMILES string of the molecule is CCC(OC(=O)Cc1ccc(N)cc1)C(N)=O. The minimum atomic E-state index is -0.851. The molecule has 0 fully saturated rings. The van der Waals surface area contributed by atoms with E-state index in [1.807, 2.05) is 0 Å². The summed E-state index contributed by atoms with van der Waals surface area (Å²) in [6, 6.07) is 6.88. The first-order valence-electron chi connectivity index (χ1n) is 5.36. The maximum atomic E-state index is 11.5. The number of anilines is 1. The number of ether oxygens (including phenoxy) is 1. The smallest absolute Gasteiger partial charge is 0.311 e. The Kier molecular flexibility index (Phi) is 4.51. The van der Waals surface area contributed by atoms with E-state index in [2.05, 4.69) is 0 Å². The molecule has 0 aliphatic heterocycles. The van der Waals surface area contributed by atoms with Crippen LogP contribution in [0.25, 0.3) is 0 Å². The molecular formula is C12H16N2O3. The van der Waals surface area contributed by atoms with E-state index < -0.39 is 18.0 Å². The van der Waals surface area contributed by atoms with Gasteiger partial charge in [-0.3, -0.25) is 9.59 Å². The van der Waals surface area contributed by atoms with Gasteiger partial charge in [0.1, 0.15) is 0 Å². The normalized spacial score (nSPS) is 11.8. The minimum Gasteiger partial charge on any atom is -0.452 e. The quantitative estimate of drug-likeness (QED) is 0.578. The van der Waals surface area contributed by atoms with Crippen LogP contribution in [0.2, 0.25) is 0 Å². The lowest BCUT2D eigenvalue weighted by atomic mass is 10.1. The molecule has 1 amide bonds. The molecule has 4 N–H and O–H groups in total. The van der Waals surface area contributed by atoms with Crippen molar-refractivity contribution in [2.75, 3.05) is 5.73 Å². The van der Waals surface area contributed by atoms with Crippen LogP contribution in [0.3, 0.4) is 0 Å². The number of benzene rings is 1. The first-order valence-corrected chi connectivity index (χ1v) is 5.36. The Bertz CT molecular complexity index is 401. The summed E-state index contributed by atoms with van der Waals surface area (Å²) in [4.78, 5) is 22.4. The van der Waals surface area contributed by atoms with Crippen molar-refractivity contribution in [3.05, 3.63) is 29.8 Å². The number of rotatable bonds is 5. The molecule has 5 heteroatoms. The summed E-state index contributed by atoms with van der Waals surface area (Å²) in [6.07, 6.45) is -0.372. The Balaban J connectivity index is 2.54. The zero-order valence-corrected chi connectivity index (χ0v) is 9.68. The summed E-state index contributed by atoms with van der Waals surface area (Å²) in [7, 11) is 0. The number of primary amides is 1. The van der Waals surface area contributed by atoms with E-state index >= 15 is 0 Å². The Morgan fingerprint density at radius 2 is 1.88 bits per heavy atom. The van der Waals surface area contributed by atoms with E-state index in [4.69, 9.17) is 16.2 Å². The fourth-order valence-electron chi connectivity index (χ4n) is 1.35. The number of amides is 1.